The maximum absolute atomic E-state index is 14.7. The van der Waals surface area contributed by atoms with Gasteiger partial charge in [-0.25, -0.2) is 8.78 Å². The van der Waals surface area contributed by atoms with Crippen molar-refractivity contribution >= 4 is 33.7 Å². The van der Waals surface area contributed by atoms with Crippen molar-refractivity contribution in [1.82, 2.24) is 4.57 Å². The molecule has 140 valence electrons. The zero-order valence-electron chi connectivity index (χ0n) is 14.4. The number of rotatable bonds is 2. The smallest absolute Gasteiger partial charge is 0.280 e. The Kier molecular flexibility index (Phi) is 4.27. The van der Waals surface area contributed by atoms with E-state index < -0.39 is 17.5 Å². The fourth-order valence-electron chi connectivity index (χ4n) is 3.73. The topological polar surface area (TPSA) is 95.6 Å². The number of aliphatic imine (C=N–C) groups is 1. The second kappa shape index (κ2) is 6.62. The number of ether oxygens (including phenoxy) is 1. The highest BCUT2D eigenvalue weighted by Gasteiger charge is 2.25. The lowest BCUT2D eigenvalue weighted by molar-refractivity contribution is 0.0716. The largest absolute Gasteiger partial charge is 0.381 e. The van der Waals surface area contributed by atoms with Gasteiger partial charge in [0.15, 0.2) is 5.96 Å². The highest BCUT2D eigenvalue weighted by Crippen LogP contribution is 2.38. The predicted molar refractivity (Wildman–Crippen MR) is 98.6 cm³/mol. The molecule has 0 spiro atoms. The minimum atomic E-state index is -0.610. The zero-order valence-corrected chi connectivity index (χ0v) is 14.4. The predicted octanol–water partition coefficient (Wildman–Crippen LogP) is 2.84. The SMILES string of the molecule is NC(N)=NC(=O)c1ccc2c3c(F)ccc(F)c3n(C3CCOCC3)c2c1. The van der Waals surface area contributed by atoms with Crippen LogP contribution in [0.25, 0.3) is 21.8 Å². The van der Waals surface area contributed by atoms with Crippen LogP contribution in [-0.2, 0) is 4.74 Å². The number of benzene rings is 2. The number of fused-ring (bicyclic) bond motifs is 3. The molecule has 1 fully saturated rings. The lowest BCUT2D eigenvalue weighted by atomic mass is 10.1. The fraction of sp³-hybridized carbons (Fsp3) is 0.263. The molecule has 1 aliphatic rings. The van der Waals surface area contributed by atoms with Gasteiger partial charge in [0.1, 0.15) is 11.6 Å². The van der Waals surface area contributed by atoms with Gasteiger partial charge >= 0.3 is 0 Å². The van der Waals surface area contributed by atoms with Crippen molar-refractivity contribution in [3.05, 3.63) is 47.5 Å². The van der Waals surface area contributed by atoms with Crippen molar-refractivity contribution in [2.45, 2.75) is 18.9 Å². The molecule has 1 aliphatic heterocycles. The minimum Gasteiger partial charge on any atom is -0.381 e. The Morgan fingerprint density at radius 3 is 2.52 bits per heavy atom. The van der Waals surface area contributed by atoms with Gasteiger partial charge in [-0.1, -0.05) is 6.07 Å². The Morgan fingerprint density at radius 2 is 1.81 bits per heavy atom. The first-order valence-corrected chi connectivity index (χ1v) is 8.60. The van der Waals surface area contributed by atoms with E-state index in [0.29, 0.717) is 37.0 Å². The summed E-state index contributed by atoms with van der Waals surface area (Å²) in [5.74, 6) is -1.97. The average molecular weight is 372 g/mol. The molecule has 1 aromatic heterocycles. The first kappa shape index (κ1) is 17.4. The van der Waals surface area contributed by atoms with Crippen LogP contribution in [-0.4, -0.2) is 29.6 Å². The Labute approximate surface area is 153 Å². The van der Waals surface area contributed by atoms with Crippen LogP contribution in [0.5, 0.6) is 0 Å². The van der Waals surface area contributed by atoms with Gasteiger partial charge in [0.25, 0.3) is 5.91 Å². The summed E-state index contributed by atoms with van der Waals surface area (Å²) in [6, 6.07) is 6.87. The van der Waals surface area contributed by atoms with E-state index in [9.17, 15) is 13.6 Å². The standard InChI is InChI=1S/C19H18F2N4O2/c20-13-3-4-14(21)17-16(13)12-2-1-10(18(26)24-19(22)23)9-15(12)25(17)11-5-7-27-8-6-11/h1-4,9,11H,5-8H2,(H4,22,23,24,26). The Hall–Kier alpha value is -3.00. The van der Waals surface area contributed by atoms with E-state index in [1.807, 2.05) is 0 Å². The molecular weight excluding hydrogens is 354 g/mol. The number of aromatic nitrogens is 1. The number of carbonyl (C=O) groups excluding carboxylic acids is 1. The molecule has 0 atom stereocenters. The molecule has 27 heavy (non-hydrogen) atoms. The maximum Gasteiger partial charge on any atom is 0.280 e. The van der Waals surface area contributed by atoms with Gasteiger partial charge in [-0.3, -0.25) is 4.79 Å². The van der Waals surface area contributed by atoms with Gasteiger partial charge in [-0.15, -0.1) is 0 Å². The second-order valence-electron chi connectivity index (χ2n) is 6.54. The average Bonchev–Trinajstić information content (AvgIpc) is 3.00. The van der Waals surface area contributed by atoms with Crippen molar-refractivity contribution in [2.75, 3.05) is 13.2 Å². The summed E-state index contributed by atoms with van der Waals surface area (Å²) < 4.78 is 36.5. The van der Waals surface area contributed by atoms with E-state index in [1.165, 1.54) is 6.07 Å². The van der Waals surface area contributed by atoms with Crippen LogP contribution in [0.3, 0.4) is 0 Å². The van der Waals surface area contributed by atoms with Gasteiger partial charge in [0.2, 0.25) is 0 Å². The molecule has 8 heteroatoms. The van der Waals surface area contributed by atoms with E-state index in [1.54, 1.807) is 16.7 Å². The van der Waals surface area contributed by atoms with Crippen LogP contribution in [0.15, 0.2) is 35.3 Å². The van der Waals surface area contributed by atoms with E-state index >= 15 is 0 Å². The second-order valence-corrected chi connectivity index (χ2v) is 6.54. The van der Waals surface area contributed by atoms with E-state index in [0.717, 1.165) is 12.1 Å². The van der Waals surface area contributed by atoms with Crippen LogP contribution >= 0.6 is 0 Å². The lowest BCUT2D eigenvalue weighted by Crippen LogP contribution is -2.24. The molecule has 2 aromatic carbocycles. The van der Waals surface area contributed by atoms with E-state index in [4.69, 9.17) is 16.2 Å². The van der Waals surface area contributed by atoms with Crippen molar-refractivity contribution in [3.63, 3.8) is 0 Å². The van der Waals surface area contributed by atoms with Crippen LogP contribution in [0.1, 0.15) is 29.2 Å². The molecule has 4 N–H and O–H groups in total. The number of nitrogens with two attached hydrogens (primary N) is 2. The number of hydrogen-bond donors (Lipinski definition) is 2. The van der Waals surface area contributed by atoms with Crippen molar-refractivity contribution in [1.29, 1.82) is 0 Å². The summed E-state index contributed by atoms with van der Waals surface area (Å²) in [5, 5.41) is 0.743. The summed E-state index contributed by atoms with van der Waals surface area (Å²) in [6.07, 6.45) is 1.34. The molecule has 0 unspecified atom stereocenters. The monoisotopic (exact) mass is 372 g/mol. The molecule has 4 rings (SSSR count). The molecule has 2 heterocycles. The summed E-state index contributed by atoms with van der Waals surface area (Å²) in [6.45, 7) is 1.07. The first-order chi connectivity index (χ1) is 13.0. The van der Waals surface area contributed by atoms with Gasteiger partial charge in [0.05, 0.1) is 11.0 Å². The normalized spacial score (nSPS) is 15.3. The fourth-order valence-corrected chi connectivity index (χ4v) is 3.73. The number of guanidine groups is 1. The van der Waals surface area contributed by atoms with Crippen molar-refractivity contribution in [3.8, 4) is 0 Å². The Bertz CT molecular complexity index is 1080. The third kappa shape index (κ3) is 2.91. The minimum absolute atomic E-state index is 0.0662. The number of nitrogens with zero attached hydrogens (tertiary/aromatic N) is 2. The highest BCUT2D eigenvalue weighted by molar-refractivity contribution is 6.11. The molecule has 6 nitrogen and oxygen atoms in total. The molecule has 0 saturated carbocycles. The number of halogens is 2. The molecule has 3 aromatic rings. The zero-order chi connectivity index (χ0) is 19.1. The maximum atomic E-state index is 14.7. The molecule has 0 aliphatic carbocycles. The third-order valence-corrected chi connectivity index (χ3v) is 4.88. The van der Waals surface area contributed by atoms with Gasteiger partial charge in [0, 0.05) is 35.6 Å². The van der Waals surface area contributed by atoms with Gasteiger partial charge < -0.3 is 20.8 Å². The van der Waals surface area contributed by atoms with Crippen molar-refractivity contribution in [2.24, 2.45) is 16.5 Å². The van der Waals surface area contributed by atoms with Crippen LogP contribution in [0.4, 0.5) is 8.78 Å². The van der Waals surface area contributed by atoms with Crippen LogP contribution < -0.4 is 11.5 Å². The summed E-state index contributed by atoms with van der Waals surface area (Å²) >= 11 is 0. The molecular formula is C19H18F2N4O2. The quantitative estimate of drug-likeness (QED) is 0.534. The third-order valence-electron chi connectivity index (χ3n) is 4.88. The van der Waals surface area contributed by atoms with Gasteiger partial charge in [-0.05, 0) is 37.1 Å². The van der Waals surface area contributed by atoms with E-state index in [2.05, 4.69) is 4.99 Å². The summed E-state index contributed by atoms with van der Waals surface area (Å²) in [4.78, 5) is 15.8. The molecule has 1 amide bonds. The van der Waals surface area contributed by atoms with Crippen LogP contribution in [0, 0.1) is 11.6 Å². The van der Waals surface area contributed by atoms with Crippen LogP contribution in [0.2, 0.25) is 0 Å². The summed E-state index contributed by atoms with van der Waals surface area (Å²) in [7, 11) is 0. The molecule has 1 saturated heterocycles. The Morgan fingerprint density at radius 1 is 1.11 bits per heavy atom. The van der Waals surface area contributed by atoms with Crippen molar-refractivity contribution < 1.29 is 18.3 Å². The molecule has 0 bridgehead atoms. The first-order valence-electron chi connectivity index (χ1n) is 8.60. The highest BCUT2D eigenvalue weighted by atomic mass is 19.1. The van der Waals surface area contributed by atoms with E-state index in [-0.39, 0.29) is 28.5 Å². The Balaban J connectivity index is 2.04. The number of amides is 1. The van der Waals surface area contributed by atoms with Gasteiger partial charge in [-0.2, -0.15) is 4.99 Å². The number of carbonyl (C=O) groups is 1. The summed E-state index contributed by atoms with van der Waals surface area (Å²) in [5.41, 5.74) is 11.6. The molecule has 0 radical (unpaired) electrons. The number of hydrogen-bond acceptors (Lipinski definition) is 2. The lowest BCUT2D eigenvalue weighted by Gasteiger charge is -2.25.